The Morgan fingerprint density at radius 2 is 1.78 bits per heavy atom. The molecule has 0 amide bonds. The highest BCUT2D eigenvalue weighted by molar-refractivity contribution is 7.17. The lowest BCUT2D eigenvalue weighted by atomic mass is 10.1. The standard InChI is InChI=1S/C27H30Cl2N2O4S/c1-5-15-34-25(33)24-23(19-11-12-20(28)21(29)16-19)30-26(36-24)31(17-18-9-7-6-8-10-18)14-13-22(32)35-27(2,3)4/h6-12,16H,5,13-15,17H2,1-4H3. The van der Waals surface area contributed by atoms with Crippen LogP contribution < -0.4 is 4.90 Å². The number of aromatic nitrogens is 1. The van der Waals surface area contributed by atoms with Gasteiger partial charge in [0.15, 0.2) is 5.13 Å². The number of carbonyl (C=O) groups is 2. The Morgan fingerprint density at radius 1 is 1.06 bits per heavy atom. The highest BCUT2D eigenvalue weighted by Gasteiger charge is 2.25. The van der Waals surface area contributed by atoms with Gasteiger partial charge in [-0.05, 0) is 44.9 Å². The van der Waals surface area contributed by atoms with Crippen LogP contribution in [-0.2, 0) is 20.8 Å². The molecular weight excluding hydrogens is 519 g/mol. The summed E-state index contributed by atoms with van der Waals surface area (Å²) in [5.41, 5.74) is 1.59. The van der Waals surface area contributed by atoms with Crippen molar-refractivity contribution < 1.29 is 19.1 Å². The van der Waals surface area contributed by atoms with Gasteiger partial charge < -0.3 is 14.4 Å². The van der Waals surface area contributed by atoms with E-state index in [9.17, 15) is 9.59 Å². The number of thiazole rings is 1. The third-order valence-electron chi connectivity index (χ3n) is 4.92. The second-order valence-electron chi connectivity index (χ2n) is 9.18. The number of esters is 2. The molecule has 0 radical (unpaired) electrons. The van der Waals surface area contributed by atoms with Crippen LogP contribution in [0.5, 0.6) is 0 Å². The van der Waals surface area contributed by atoms with E-state index in [1.165, 1.54) is 11.3 Å². The molecule has 0 aliphatic heterocycles. The average Bonchev–Trinajstić information content (AvgIpc) is 3.27. The van der Waals surface area contributed by atoms with Gasteiger partial charge in [-0.15, -0.1) is 0 Å². The lowest BCUT2D eigenvalue weighted by Crippen LogP contribution is -2.29. The van der Waals surface area contributed by atoms with Crippen LogP contribution in [0.4, 0.5) is 5.13 Å². The van der Waals surface area contributed by atoms with Crippen LogP contribution in [0.2, 0.25) is 10.0 Å². The molecule has 0 unspecified atom stereocenters. The minimum atomic E-state index is -0.570. The zero-order valence-electron chi connectivity index (χ0n) is 20.8. The van der Waals surface area contributed by atoms with Crippen LogP contribution in [0, 0.1) is 0 Å². The first-order chi connectivity index (χ1) is 17.1. The molecule has 2 aromatic carbocycles. The van der Waals surface area contributed by atoms with Crippen molar-refractivity contribution in [3.05, 3.63) is 69.0 Å². The molecule has 0 aliphatic carbocycles. The van der Waals surface area contributed by atoms with Crippen molar-refractivity contribution in [1.82, 2.24) is 4.98 Å². The van der Waals surface area contributed by atoms with Crippen LogP contribution in [0.15, 0.2) is 48.5 Å². The summed E-state index contributed by atoms with van der Waals surface area (Å²) in [6.45, 7) is 8.62. The zero-order chi connectivity index (χ0) is 26.3. The summed E-state index contributed by atoms with van der Waals surface area (Å²) in [5, 5.41) is 1.36. The van der Waals surface area contributed by atoms with E-state index >= 15 is 0 Å². The van der Waals surface area contributed by atoms with E-state index in [2.05, 4.69) is 0 Å². The molecule has 0 saturated heterocycles. The van der Waals surface area contributed by atoms with Gasteiger partial charge in [0.05, 0.1) is 28.8 Å². The van der Waals surface area contributed by atoms with Gasteiger partial charge >= 0.3 is 11.9 Å². The number of anilines is 1. The molecule has 6 nitrogen and oxygen atoms in total. The van der Waals surface area contributed by atoms with Crippen molar-refractivity contribution in [3.63, 3.8) is 0 Å². The average molecular weight is 550 g/mol. The number of hydrogen-bond donors (Lipinski definition) is 0. The summed E-state index contributed by atoms with van der Waals surface area (Å²) < 4.78 is 10.9. The second kappa shape index (κ2) is 12.6. The number of hydrogen-bond acceptors (Lipinski definition) is 7. The fourth-order valence-corrected chi connectivity index (χ4v) is 4.65. The molecule has 0 aliphatic rings. The van der Waals surface area contributed by atoms with Crippen LogP contribution in [-0.4, -0.2) is 35.7 Å². The van der Waals surface area contributed by atoms with E-state index in [1.54, 1.807) is 18.2 Å². The molecule has 36 heavy (non-hydrogen) atoms. The summed E-state index contributed by atoms with van der Waals surface area (Å²) in [4.78, 5) is 32.6. The summed E-state index contributed by atoms with van der Waals surface area (Å²) in [6.07, 6.45) is 0.872. The topological polar surface area (TPSA) is 68.7 Å². The highest BCUT2D eigenvalue weighted by Crippen LogP contribution is 2.37. The van der Waals surface area contributed by atoms with E-state index in [0.717, 1.165) is 5.56 Å². The molecule has 0 bridgehead atoms. The number of benzene rings is 2. The summed E-state index contributed by atoms with van der Waals surface area (Å²) in [6, 6.07) is 15.0. The van der Waals surface area contributed by atoms with E-state index in [4.69, 9.17) is 37.7 Å². The van der Waals surface area contributed by atoms with Crippen molar-refractivity contribution >= 4 is 51.6 Å². The van der Waals surface area contributed by atoms with Crippen molar-refractivity contribution in [1.29, 1.82) is 0 Å². The van der Waals surface area contributed by atoms with Crippen LogP contribution in [0.3, 0.4) is 0 Å². The minimum Gasteiger partial charge on any atom is -0.461 e. The van der Waals surface area contributed by atoms with Crippen molar-refractivity contribution in [2.24, 2.45) is 0 Å². The van der Waals surface area contributed by atoms with Gasteiger partial charge in [-0.25, -0.2) is 9.78 Å². The van der Waals surface area contributed by atoms with E-state index < -0.39 is 11.6 Å². The molecule has 9 heteroatoms. The number of halogens is 2. The lowest BCUT2D eigenvalue weighted by molar-refractivity contribution is -0.154. The van der Waals surface area contributed by atoms with E-state index in [0.29, 0.717) is 57.4 Å². The second-order valence-corrected chi connectivity index (χ2v) is 11.0. The van der Waals surface area contributed by atoms with Gasteiger partial charge in [0.2, 0.25) is 0 Å². The predicted octanol–water partition coefficient (Wildman–Crippen LogP) is 7.42. The van der Waals surface area contributed by atoms with Crippen LogP contribution >= 0.6 is 34.5 Å². The van der Waals surface area contributed by atoms with Gasteiger partial charge in [0.25, 0.3) is 0 Å². The number of carbonyl (C=O) groups excluding carboxylic acids is 2. The Balaban J connectivity index is 1.99. The van der Waals surface area contributed by atoms with E-state index in [-0.39, 0.29) is 12.4 Å². The fourth-order valence-electron chi connectivity index (χ4n) is 3.35. The molecular formula is C27H30Cl2N2O4S. The monoisotopic (exact) mass is 548 g/mol. The third-order valence-corrected chi connectivity index (χ3v) is 6.76. The molecule has 0 saturated carbocycles. The highest BCUT2D eigenvalue weighted by atomic mass is 35.5. The quantitative estimate of drug-likeness (QED) is 0.245. The third kappa shape index (κ3) is 7.95. The zero-order valence-corrected chi connectivity index (χ0v) is 23.2. The minimum absolute atomic E-state index is 0.168. The summed E-state index contributed by atoms with van der Waals surface area (Å²) in [5.74, 6) is -0.752. The number of ether oxygens (including phenoxy) is 2. The molecule has 0 spiro atoms. The first-order valence-electron chi connectivity index (χ1n) is 11.7. The lowest BCUT2D eigenvalue weighted by Gasteiger charge is -2.24. The van der Waals surface area contributed by atoms with Gasteiger partial charge in [-0.3, -0.25) is 4.79 Å². The van der Waals surface area contributed by atoms with Gasteiger partial charge in [0, 0.05) is 18.7 Å². The SMILES string of the molecule is CCCOC(=O)c1sc(N(CCC(=O)OC(C)(C)C)Cc2ccccc2)nc1-c1ccc(Cl)c(Cl)c1. The molecule has 0 N–H and O–H groups in total. The molecule has 3 rings (SSSR count). The molecule has 3 aromatic rings. The maximum absolute atomic E-state index is 13.0. The molecule has 0 fully saturated rings. The Hall–Kier alpha value is -2.61. The van der Waals surface area contributed by atoms with Crippen LogP contribution in [0.1, 0.15) is 55.8 Å². The van der Waals surface area contributed by atoms with Crippen LogP contribution in [0.25, 0.3) is 11.3 Å². The van der Waals surface area contributed by atoms with Gasteiger partial charge in [-0.2, -0.15) is 0 Å². The number of rotatable bonds is 10. The van der Waals surface area contributed by atoms with Gasteiger partial charge in [0.1, 0.15) is 10.5 Å². The Morgan fingerprint density at radius 3 is 2.42 bits per heavy atom. The molecule has 192 valence electrons. The Bertz CT molecular complexity index is 1190. The number of nitrogens with zero attached hydrogens (tertiary/aromatic N) is 2. The van der Waals surface area contributed by atoms with E-state index in [1.807, 2.05) is 62.9 Å². The predicted molar refractivity (Wildman–Crippen MR) is 146 cm³/mol. The smallest absolute Gasteiger partial charge is 0.350 e. The van der Waals surface area contributed by atoms with Gasteiger partial charge in [-0.1, -0.05) is 77.9 Å². The first kappa shape index (κ1) is 28.0. The van der Waals surface area contributed by atoms with Crippen molar-refractivity contribution in [2.45, 2.75) is 52.7 Å². The Labute approximate surface area is 226 Å². The van der Waals surface area contributed by atoms with Crippen molar-refractivity contribution in [3.8, 4) is 11.3 Å². The maximum Gasteiger partial charge on any atom is 0.350 e. The summed E-state index contributed by atoms with van der Waals surface area (Å²) in [7, 11) is 0. The molecule has 1 heterocycles. The fraction of sp³-hybridized carbons (Fsp3) is 0.370. The first-order valence-corrected chi connectivity index (χ1v) is 13.3. The maximum atomic E-state index is 13.0. The normalized spacial score (nSPS) is 11.3. The Kier molecular flexibility index (Phi) is 9.77. The molecule has 0 atom stereocenters. The largest absolute Gasteiger partial charge is 0.461 e. The summed E-state index contributed by atoms with van der Waals surface area (Å²) >= 11 is 13.6. The van der Waals surface area contributed by atoms with Crippen molar-refractivity contribution in [2.75, 3.05) is 18.1 Å². The molecule has 1 aromatic heterocycles.